The van der Waals surface area contributed by atoms with E-state index in [0.717, 1.165) is 20.3 Å². The molecular weight excluding hydrogens is 484 g/mol. The molecule has 0 aromatic heterocycles. The predicted molar refractivity (Wildman–Crippen MR) is 120 cm³/mol. The van der Waals surface area contributed by atoms with Crippen LogP contribution in [0.15, 0.2) is 81.0 Å². The van der Waals surface area contributed by atoms with Gasteiger partial charge in [0.1, 0.15) is 0 Å². The minimum atomic E-state index is -0.0402. The second-order valence-electron chi connectivity index (χ2n) is 6.25. The summed E-state index contributed by atoms with van der Waals surface area (Å²) in [5, 5.41) is 6.38. The molecule has 0 bridgehead atoms. The van der Waals surface area contributed by atoms with E-state index in [1.165, 1.54) is 0 Å². The van der Waals surface area contributed by atoms with Crippen molar-refractivity contribution in [3.05, 3.63) is 92.1 Å². The van der Waals surface area contributed by atoms with Gasteiger partial charge in [-0.05, 0) is 62.4 Å². The zero-order chi connectivity index (χ0) is 20.5. The van der Waals surface area contributed by atoms with Gasteiger partial charge in [-0.3, -0.25) is 9.59 Å². The monoisotopic (exact) mass is 504 g/mol. The highest BCUT2D eigenvalue weighted by Gasteiger charge is 2.04. The maximum absolute atomic E-state index is 12.2. The van der Waals surface area contributed by atoms with Crippen LogP contribution in [0, 0.1) is 0 Å². The Morgan fingerprint density at radius 1 is 0.714 bits per heavy atom. The molecule has 0 fully saturated rings. The van der Waals surface area contributed by atoms with Crippen LogP contribution in [0.2, 0.25) is 0 Å². The molecule has 2 rings (SSSR count). The summed E-state index contributed by atoms with van der Waals surface area (Å²) in [5.74, 6) is -0.0803. The molecule has 2 aromatic carbocycles. The first-order valence-corrected chi connectivity index (χ1v) is 10.4. The molecule has 28 heavy (non-hydrogen) atoms. The van der Waals surface area contributed by atoms with E-state index in [4.69, 9.17) is 0 Å². The summed E-state index contributed by atoms with van der Waals surface area (Å²) in [7, 11) is 0. The van der Waals surface area contributed by atoms with Crippen LogP contribution in [0.5, 0.6) is 0 Å². The lowest BCUT2D eigenvalue weighted by Gasteiger charge is -2.09. The molecule has 0 saturated heterocycles. The van der Waals surface area contributed by atoms with Crippen LogP contribution in [-0.2, 0) is 0 Å². The summed E-state index contributed by atoms with van der Waals surface area (Å²) in [6, 6.07) is 14.5. The smallest absolute Gasteiger partial charge is 0.187 e. The van der Waals surface area contributed by atoms with Crippen molar-refractivity contribution in [2.45, 2.75) is 13.8 Å². The van der Waals surface area contributed by atoms with Crippen LogP contribution in [0.25, 0.3) is 0 Å². The number of hydrogen-bond donors (Lipinski definition) is 2. The molecule has 0 aliphatic rings. The van der Waals surface area contributed by atoms with Gasteiger partial charge in [-0.25, -0.2) is 0 Å². The Kier molecular flexibility index (Phi) is 8.67. The number of ketones is 2. The Bertz CT molecular complexity index is 810. The lowest BCUT2D eigenvalue weighted by Crippen LogP contribution is -2.26. The van der Waals surface area contributed by atoms with Crippen LogP contribution < -0.4 is 10.6 Å². The normalized spacial score (nSPS) is 11.9. The van der Waals surface area contributed by atoms with Gasteiger partial charge < -0.3 is 10.6 Å². The first kappa shape index (κ1) is 22.1. The average molecular weight is 506 g/mol. The second kappa shape index (κ2) is 11.0. The van der Waals surface area contributed by atoms with Crippen molar-refractivity contribution in [2.75, 3.05) is 13.1 Å². The van der Waals surface area contributed by atoms with Gasteiger partial charge in [-0.1, -0.05) is 31.9 Å². The maximum atomic E-state index is 12.2. The van der Waals surface area contributed by atoms with E-state index in [1.807, 2.05) is 38.1 Å². The highest BCUT2D eigenvalue weighted by atomic mass is 79.9. The van der Waals surface area contributed by atoms with E-state index in [2.05, 4.69) is 42.5 Å². The summed E-state index contributed by atoms with van der Waals surface area (Å²) in [6.45, 7) is 4.98. The SMILES string of the molecule is CC(=CC(=O)c1ccc(Br)cc1)NCCNC(C)=CC(=O)c1ccc(Br)cc1. The molecule has 0 amide bonds. The number of allylic oxidation sites excluding steroid dienone is 4. The molecule has 2 N–H and O–H groups in total. The molecule has 2 aromatic rings. The van der Waals surface area contributed by atoms with Crippen LogP contribution in [0.3, 0.4) is 0 Å². The molecule has 4 nitrogen and oxygen atoms in total. The summed E-state index contributed by atoms with van der Waals surface area (Å²) in [6.07, 6.45) is 3.17. The van der Waals surface area contributed by atoms with Gasteiger partial charge in [0.15, 0.2) is 11.6 Å². The van der Waals surface area contributed by atoms with Crippen molar-refractivity contribution >= 4 is 43.4 Å². The Morgan fingerprint density at radius 3 is 1.36 bits per heavy atom. The standard InChI is InChI=1S/C22H22Br2N2O2/c1-15(13-21(27)17-3-7-19(23)8-4-17)25-11-12-26-16(2)14-22(28)18-5-9-20(24)10-6-18/h3-10,13-14,25-26H,11-12H2,1-2H3. The number of hydrogen-bond acceptors (Lipinski definition) is 4. The molecule has 0 aliphatic heterocycles. The minimum Gasteiger partial charge on any atom is -0.387 e. The van der Waals surface area contributed by atoms with Crippen molar-refractivity contribution in [3.8, 4) is 0 Å². The third kappa shape index (κ3) is 7.44. The number of nitrogens with one attached hydrogen (secondary N) is 2. The molecule has 0 saturated carbocycles. The lowest BCUT2D eigenvalue weighted by atomic mass is 10.1. The zero-order valence-electron chi connectivity index (χ0n) is 15.8. The third-order valence-electron chi connectivity index (χ3n) is 3.89. The summed E-state index contributed by atoms with van der Waals surface area (Å²) in [4.78, 5) is 24.4. The van der Waals surface area contributed by atoms with Gasteiger partial charge in [0, 0.05) is 56.7 Å². The molecule has 146 valence electrons. The van der Waals surface area contributed by atoms with Gasteiger partial charge in [-0.15, -0.1) is 0 Å². The fraction of sp³-hybridized carbons (Fsp3) is 0.182. The molecule has 0 atom stereocenters. The Labute approximate surface area is 182 Å². The number of rotatable bonds is 9. The van der Waals surface area contributed by atoms with Crippen molar-refractivity contribution in [2.24, 2.45) is 0 Å². The Balaban J connectivity index is 1.77. The van der Waals surface area contributed by atoms with Crippen molar-refractivity contribution < 1.29 is 9.59 Å². The summed E-state index contributed by atoms with van der Waals surface area (Å²) >= 11 is 6.71. The molecule has 6 heteroatoms. The maximum Gasteiger partial charge on any atom is 0.187 e. The summed E-state index contributed by atoms with van der Waals surface area (Å²) in [5.41, 5.74) is 2.88. The average Bonchev–Trinajstić information content (AvgIpc) is 2.66. The summed E-state index contributed by atoms with van der Waals surface area (Å²) < 4.78 is 1.88. The molecule has 0 unspecified atom stereocenters. The predicted octanol–water partition coefficient (Wildman–Crippen LogP) is 5.26. The largest absolute Gasteiger partial charge is 0.387 e. The third-order valence-corrected chi connectivity index (χ3v) is 4.94. The second-order valence-corrected chi connectivity index (χ2v) is 8.08. The van der Waals surface area contributed by atoms with E-state index in [9.17, 15) is 9.59 Å². The quantitative estimate of drug-likeness (QED) is 0.277. The van der Waals surface area contributed by atoms with E-state index >= 15 is 0 Å². The van der Waals surface area contributed by atoms with Gasteiger partial charge in [0.25, 0.3) is 0 Å². The van der Waals surface area contributed by atoms with E-state index < -0.39 is 0 Å². The number of benzene rings is 2. The first-order valence-electron chi connectivity index (χ1n) is 8.79. The molecular formula is C22H22Br2N2O2. The fourth-order valence-electron chi connectivity index (χ4n) is 2.41. The first-order chi connectivity index (χ1) is 13.3. The number of halogens is 2. The number of carbonyl (C=O) groups excluding carboxylic acids is 2. The van der Waals surface area contributed by atoms with E-state index in [1.54, 1.807) is 36.4 Å². The van der Waals surface area contributed by atoms with Crippen molar-refractivity contribution in [1.82, 2.24) is 10.6 Å². The van der Waals surface area contributed by atoms with Crippen molar-refractivity contribution in [1.29, 1.82) is 0 Å². The van der Waals surface area contributed by atoms with E-state index in [-0.39, 0.29) is 11.6 Å². The van der Waals surface area contributed by atoms with Gasteiger partial charge in [0.05, 0.1) is 0 Å². The lowest BCUT2D eigenvalue weighted by molar-refractivity contribution is 0.103. The highest BCUT2D eigenvalue weighted by Crippen LogP contribution is 2.12. The number of carbonyl (C=O) groups is 2. The Morgan fingerprint density at radius 2 is 1.04 bits per heavy atom. The van der Waals surface area contributed by atoms with Gasteiger partial charge in [-0.2, -0.15) is 0 Å². The zero-order valence-corrected chi connectivity index (χ0v) is 18.9. The fourth-order valence-corrected chi connectivity index (χ4v) is 2.94. The molecule has 0 heterocycles. The highest BCUT2D eigenvalue weighted by molar-refractivity contribution is 9.10. The van der Waals surface area contributed by atoms with Gasteiger partial charge in [0.2, 0.25) is 0 Å². The van der Waals surface area contributed by atoms with Crippen LogP contribution >= 0.6 is 31.9 Å². The van der Waals surface area contributed by atoms with Crippen LogP contribution in [-0.4, -0.2) is 24.7 Å². The molecule has 0 spiro atoms. The van der Waals surface area contributed by atoms with E-state index in [0.29, 0.717) is 24.2 Å². The van der Waals surface area contributed by atoms with Crippen LogP contribution in [0.4, 0.5) is 0 Å². The minimum absolute atomic E-state index is 0.0402. The Hall–Kier alpha value is -2.18. The topological polar surface area (TPSA) is 58.2 Å². The van der Waals surface area contributed by atoms with Crippen molar-refractivity contribution in [3.63, 3.8) is 0 Å². The van der Waals surface area contributed by atoms with Crippen LogP contribution in [0.1, 0.15) is 34.6 Å². The molecule has 0 radical (unpaired) electrons. The molecule has 0 aliphatic carbocycles. The van der Waals surface area contributed by atoms with Gasteiger partial charge >= 0.3 is 0 Å².